The quantitative estimate of drug-likeness (QED) is 0.522. The molecule has 0 amide bonds. The van der Waals surface area contributed by atoms with Gasteiger partial charge in [0.15, 0.2) is 11.6 Å². The highest BCUT2D eigenvalue weighted by Gasteiger charge is 2.39. The molecule has 0 heterocycles. The lowest BCUT2D eigenvalue weighted by atomic mass is 9.94. The lowest BCUT2D eigenvalue weighted by Gasteiger charge is -2.19. The van der Waals surface area contributed by atoms with E-state index in [9.17, 15) is 17.6 Å². The van der Waals surface area contributed by atoms with Crippen LogP contribution in [0.3, 0.4) is 0 Å². The highest BCUT2D eigenvalue weighted by Crippen LogP contribution is 2.39. The summed E-state index contributed by atoms with van der Waals surface area (Å²) in [5.74, 6) is -1.66. The predicted octanol–water partition coefficient (Wildman–Crippen LogP) is 6.29. The summed E-state index contributed by atoms with van der Waals surface area (Å²) in [6, 6.07) is 9.20. The third-order valence-corrected chi connectivity index (χ3v) is 4.37. The first-order chi connectivity index (χ1) is 12.3. The van der Waals surface area contributed by atoms with E-state index in [0.717, 1.165) is 18.4 Å². The summed E-state index contributed by atoms with van der Waals surface area (Å²) in [6.07, 6.45) is -2.20. The monoisotopic (exact) mass is 368 g/mol. The second-order valence-electron chi connectivity index (χ2n) is 6.36. The highest BCUT2D eigenvalue weighted by molar-refractivity contribution is 5.45. The average Bonchev–Trinajstić information content (AvgIpc) is 2.57. The van der Waals surface area contributed by atoms with Crippen molar-refractivity contribution >= 4 is 0 Å². The molecule has 2 rings (SSSR count). The summed E-state index contributed by atoms with van der Waals surface area (Å²) in [5, 5.41) is 0. The number of hydrogen-bond acceptors (Lipinski definition) is 1. The number of hydrogen-bond donors (Lipinski definition) is 0. The molecule has 26 heavy (non-hydrogen) atoms. The Morgan fingerprint density at radius 3 is 2.00 bits per heavy atom. The fourth-order valence-electron chi connectivity index (χ4n) is 3.11. The van der Waals surface area contributed by atoms with Crippen molar-refractivity contribution in [1.29, 1.82) is 0 Å². The van der Waals surface area contributed by atoms with Gasteiger partial charge in [-0.05, 0) is 61.4 Å². The number of ether oxygens (including phenoxy) is 1. The molecule has 5 heteroatoms. The van der Waals surface area contributed by atoms with E-state index in [1.165, 1.54) is 11.6 Å². The standard InChI is InChI=1S/C21H24F4O/c1-4-6-15-7-9-16(10-8-15)11-12-17-14(3)13-18(26-5-2)20(22)19(17)21(23,24)25/h7-10,13H,4-6,11-12H2,1-3H3. The molecule has 0 N–H and O–H groups in total. The summed E-state index contributed by atoms with van der Waals surface area (Å²) in [4.78, 5) is 0. The van der Waals surface area contributed by atoms with Crippen LogP contribution in [0.1, 0.15) is 48.1 Å². The van der Waals surface area contributed by atoms with Crippen molar-refractivity contribution in [1.82, 2.24) is 0 Å². The second-order valence-corrected chi connectivity index (χ2v) is 6.36. The summed E-state index contributed by atoms with van der Waals surface area (Å²) in [5.41, 5.74) is 1.33. The van der Waals surface area contributed by atoms with Crippen molar-refractivity contribution in [2.24, 2.45) is 0 Å². The molecule has 0 bridgehead atoms. The molecule has 142 valence electrons. The van der Waals surface area contributed by atoms with Gasteiger partial charge in [-0.3, -0.25) is 0 Å². The number of rotatable bonds is 7. The molecule has 0 saturated heterocycles. The zero-order valence-electron chi connectivity index (χ0n) is 15.3. The van der Waals surface area contributed by atoms with Crippen molar-refractivity contribution in [2.45, 2.75) is 52.6 Å². The molecular formula is C21H24F4O. The van der Waals surface area contributed by atoms with Crippen LogP contribution in [0.4, 0.5) is 17.6 Å². The minimum Gasteiger partial charge on any atom is -0.491 e. The first-order valence-corrected chi connectivity index (χ1v) is 8.87. The molecule has 0 aliphatic carbocycles. The van der Waals surface area contributed by atoms with Gasteiger partial charge in [0.25, 0.3) is 0 Å². The molecule has 1 nitrogen and oxygen atoms in total. The molecule has 0 aliphatic heterocycles. The van der Waals surface area contributed by atoms with Crippen LogP contribution >= 0.6 is 0 Å². The SMILES string of the molecule is CCCc1ccc(CCc2c(C)cc(OCC)c(F)c2C(F)(F)F)cc1. The summed E-state index contributed by atoms with van der Waals surface area (Å²) >= 11 is 0. The van der Waals surface area contributed by atoms with E-state index in [1.807, 2.05) is 24.3 Å². The van der Waals surface area contributed by atoms with E-state index < -0.39 is 17.6 Å². The minimum atomic E-state index is -4.76. The van der Waals surface area contributed by atoms with Crippen LogP contribution in [0.25, 0.3) is 0 Å². The minimum absolute atomic E-state index is 0.00362. The van der Waals surface area contributed by atoms with Gasteiger partial charge in [0.05, 0.1) is 12.2 Å². The second kappa shape index (κ2) is 8.56. The van der Waals surface area contributed by atoms with Crippen molar-refractivity contribution in [3.05, 3.63) is 64.0 Å². The first-order valence-electron chi connectivity index (χ1n) is 8.87. The van der Waals surface area contributed by atoms with Gasteiger partial charge in [0.1, 0.15) is 0 Å². The molecule has 2 aromatic carbocycles. The first kappa shape index (κ1) is 20.3. The van der Waals surface area contributed by atoms with E-state index in [-0.39, 0.29) is 24.3 Å². The molecule has 0 aromatic heterocycles. The van der Waals surface area contributed by atoms with E-state index in [1.54, 1.807) is 13.8 Å². The lowest BCUT2D eigenvalue weighted by Crippen LogP contribution is -2.15. The number of alkyl halides is 3. The van der Waals surface area contributed by atoms with Gasteiger partial charge >= 0.3 is 6.18 Å². The molecule has 2 aromatic rings. The van der Waals surface area contributed by atoms with E-state index >= 15 is 0 Å². The Morgan fingerprint density at radius 2 is 1.50 bits per heavy atom. The highest BCUT2D eigenvalue weighted by atomic mass is 19.4. The van der Waals surface area contributed by atoms with Crippen LogP contribution < -0.4 is 4.74 Å². The van der Waals surface area contributed by atoms with Crippen molar-refractivity contribution in [3.8, 4) is 5.75 Å². The average molecular weight is 368 g/mol. The van der Waals surface area contributed by atoms with E-state index in [0.29, 0.717) is 12.0 Å². The Hall–Kier alpha value is -2.04. The van der Waals surface area contributed by atoms with Crippen LogP contribution in [0.15, 0.2) is 30.3 Å². The molecule has 0 saturated carbocycles. The van der Waals surface area contributed by atoms with Crippen LogP contribution in [0.2, 0.25) is 0 Å². The van der Waals surface area contributed by atoms with Crippen LogP contribution in [-0.2, 0) is 25.4 Å². The Kier molecular flexibility index (Phi) is 6.68. The van der Waals surface area contributed by atoms with Gasteiger partial charge in [0.2, 0.25) is 0 Å². The van der Waals surface area contributed by atoms with E-state index in [4.69, 9.17) is 4.74 Å². The van der Waals surface area contributed by atoms with Crippen LogP contribution in [0, 0.1) is 12.7 Å². The molecule has 0 aliphatic rings. The Labute approximate surface area is 152 Å². The number of aryl methyl sites for hydroxylation is 3. The lowest BCUT2D eigenvalue weighted by molar-refractivity contribution is -0.140. The zero-order chi connectivity index (χ0) is 19.3. The normalized spacial score (nSPS) is 11.7. The van der Waals surface area contributed by atoms with Gasteiger partial charge in [-0.2, -0.15) is 13.2 Å². The summed E-state index contributed by atoms with van der Waals surface area (Å²) < 4.78 is 59.9. The van der Waals surface area contributed by atoms with Gasteiger partial charge in [-0.1, -0.05) is 37.6 Å². The van der Waals surface area contributed by atoms with Crippen molar-refractivity contribution in [3.63, 3.8) is 0 Å². The van der Waals surface area contributed by atoms with Gasteiger partial charge in [-0.25, -0.2) is 4.39 Å². The topological polar surface area (TPSA) is 9.23 Å². The molecule has 0 radical (unpaired) electrons. The third kappa shape index (κ3) is 4.77. The number of benzene rings is 2. The zero-order valence-corrected chi connectivity index (χ0v) is 15.3. The molecular weight excluding hydrogens is 344 g/mol. The maximum absolute atomic E-state index is 14.4. The third-order valence-electron chi connectivity index (χ3n) is 4.37. The van der Waals surface area contributed by atoms with Gasteiger partial charge in [0, 0.05) is 0 Å². The fraction of sp³-hybridized carbons (Fsp3) is 0.429. The van der Waals surface area contributed by atoms with Gasteiger partial charge in [-0.15, -0.1) is 0 Å². The molecule has 0 spiro atoms. The Bertz CT molecular complexity index is 733. The van der Waals surface area contributed by atoms with Crippen LogP contribution in [-0.4, -0.2) is 6.61 Å². The Morgan fingerprint density at radius 1 is 0.923 bits per heavy atom. The Balaban J connectivity index is 2.31. The number of halogens is 4. The van der Waals surface area contributed by atoms with Crippen LogP contribution in [0.5, 0.6) is 5.75 Å². The fourth-order valence-corrected chi connectivity index (χ4v) is 3.11. The largest absolute Gasteiger partial charge is 0.491 e. The predicted molar refractivity (Wildman–Crippen MR) is 95.2 cm³/mol. The maximum Gasteiger partial charge on any atom is 0.419 e. The molecule has 0 atom stereocenters. The summed E-state index contributed by atoms with van der Waals surface area (Å²) in [6.45, 7) is 5.38. The molecule has 0 fully saturated rings. The van der Waals surface area contributed by atoms with Gasteiger partial charge < -0.3 is 4.74 Å². The maximum atomic E-state index is 14.4. The van der Waals surface area contributed by atoms with Crippen molar-refractivity contribution < 1.29 is 22.3 Å². The van der Waals surface area contributed by atoms with E-state index in [2.05, 4.69) is 6.92 Å². The summed E-state index contributed by atoms with van der Waals surface area (Å²) in [7, 11) is 0. The smallest absolute Gasteiger partial charge is 0.419 e. The van der Waals surface area contributed by atoms with Crippen molar-refractivity contribution in [2.75, 3.05) is 6.61 Å². The molecule has 0 unspecified atom stereocenters.